The number of benzene rings is 1. The lowest BCUT2D eigenvalue weighted by Crippen LogP contribution is -2.45. The van der Waals surface area contributed by atoms with Gasteiger partial charge in [-0.15, -0.1) is 11.3 Å². The van der Waals surface area contributed by atoms with Gasteiger partial charge in [-0.1, -0.05) is 23.7 Å². The highest BCUT2D eigenvalue weighted by atomic mass is 35.5. The molecule has 1 aliphatic heterocycles. The molecule has 0 aliphatic carbocycles. The smallest absolute Gasteiger partial charge is 0.277 e. The molecule has 0 atom stereocenters. The molecule has 0 spiro atoms. The van der Waals surface area contributed by atoms with Gasteiger partial charge >= 0.3 is 0 Å². The fourth-order valence-electron chi connectivity index (χ4n) is 3.27. The second kappa shape index (κ2) is 9.09. The minimum atomic E-state index is -0.305. The molecule has 1 amide bonds. The maximum absolute atomic E-state index is 12.4. The number of piperazine rings is 1. The molecule has 1 aromatic carbocycles. The lowest BCUT2D eigenvalue weighted by atomic mass is 10.2. The summed E-state index contributed by atoms with van der Waals surface area (Å²) in [6.07, 6.45) is 1.41. The van der Waals surface area contributed by atoms with Gasteiger partial charge in [-0.3, -0.25) is 14.6 Å². The minimum Gasteiger partial charge on any atom is -0.447 e. The van der Waals surface area contributed by atoms with Crippen LogP contribution in [0.5, 0.6) is 0 Å². The number of aromatic nitrogens is 1. The van der Waals surface area contributed by atoms with Gasteiger partial charge in [0.1, 0.15) is 6.26 Å². The Bertz CT molecular complexity index is 965. The molecule has 8 heteroatoms. The van der Waals surface area contributed by atoms with Crippen LogP contribution in [0.3, 0.4) is 0 Å². The Labute approximate surface area is 179 Å². The molecule has 6 nitrogen and oxygen atoms in total. The molecule has 1 saturated heterocycles. The van der Waals surface area contributed by atoms with Crippen molar-refractivity contribution in [2.75, 3.05) is 31.5 Å². The van der Waals surface area contributed by atoms with Crippen molar-refractivity contribution in [1.82, 2.24) is 14.8 Å². The number of amides is 1. The van der Waals surface area contributed by atoms with Gasteiger partial charge in [-0.05, 0) is 36.1 Å². The van der Waals surface area contributed by atoms with E-state index in [1.807, 2.05) is 19.1 Å². The van der Waals surface area contributed by atoms with Crippen molar-refractivity contribution in [3.63, 3.8) is 0 Å². The molecule has 3 aromatic rings. The minimum absolute atomic E-state index is 0.271. The highest BCUT2D eigenvalue weighted by molar-refractivity contribution is 7.09. The highest BCUT2D eigenvalue weighted by Crippen LogP contribution is 2.20. The van der Waals surface area contributed by atoms with Crippen LogP contribution in [-0.4, -0.2) is 46.9 Å². The van der Waals surface area contributed by atoms with Crippen molar-refractivity contribution in [2.45, 2.75) is 20.0 Å². The second-order valence-electron chi connectivity index (χ2n) is 7.18. The van der Waals surface area contributed by atoms with Gasteiger partial charge in [0.25, 0.3) is 5.91 Å². The molecule has 0 bridgehead atoms. The number of nitrogens with one attached hydrogen (secondary N) is 1. The lowest BCUT2D eigenvalue weighted by Gasteiger charge is -2.33. The van der Waals surface area contributed by atoms with Crippen LogP contribution in [-0.2, 0) is 13.1 Å². The number of rotatable bonds is 6. The van der Waals surface area contributed by atoms with Gasteiger partial charge in [0.15, 0.2) is 5.69 Å². The Morgan fingerprint density at radius 2 is 1.97 bits per heavy atom. The molecular formula is C21H23ClN4O2S. The lowest BCUT2D eigenvalue weighted by molar-refractivity contribution is 0.102. The zero-order valence-corrected chi connectivity index (χ0v) is 17.8. The first kappa shape index (κ1) is 20.1. The largest absolute Gasteiger partial charge is 0.447 e. The maximum atomic E-state index is 12.4. The SMILES string of the molecule is Cc1ccc(NC(=O)c2coc(CN3CCN(Cc4cccs4)CC3)n2)cc1Cl. The first-order chi connectivity index (χ1) is 14.1. The molecule has 0 radical (unpaired) electrons. The molecule has 2 aromatic heterocycles. The summed E-state index contributed by atoms with van der Waals surface area (Å²) in [5, 5.41) is 5.54. The third-order valence-corrected chi connectivity index (χ3v) is 6.27. The number of aryl methyl sites for hydroxylation is 1. The Balaban J connectivity index is 1.28. The first-order valence-electron chi connectivity index (χ1n) is 9.56. The molecular weight excluding hydrogens is 408 g/mol. The fourth-order valence-corrected chi connectivity index (χ4v) is 4.20. The molecule has 1 fully saturated rings. The van der Waals surface area contributed by atoms with E-state index in [0.29, 0.717) is 23.1 Å². The van der Waals surface area contributed by atoms with E-state index in [-0.39, 0.29) is 11.6 Å². The molecule has 4 rings (SSSR count). The van der Waals surface area contributed by atoms with Gasteiger partial charge in [0, 0.05) is 48.3 Å². The number of hydrogen-bond acceptors (Lipinski definition) is 6. The van der Waals surface area contributed by atoms with Crippen molar-refractivity contribution >= 4 is 34.5 Å². The van der Waals surface area contributed by atoms with Gasteiger partial charge in [0.2, 0.25) is 5.89 Å². The Morgan fingerprint density at radius 3 is 2.66 bits per heavy atom. The second-order valence-corrected chi connectivity index (χ2v) is 8.62. The molecule has 1 aliphatic rings. The van der Waals surface area contributed by atoms with E-state index in [1.54, 1.807) is 17.4 Å². The first-order valence-corrected chi connectivity index (χ1v) is 10.8. The van der Waals surface area contributed by atoms with Crippen molar-refractivity contribution in [3.8, 4) is 0 Å². The highest BCUT2D eigenvalue weighted by Gasteiger charge is 2.20. The van der Waals surface area contributed by atoms with E-state index >= 15 is 0 Å². The normalized spacial score (nSPS) is 15.5. The number of anilines is 1. The maximum Gasteiger partial charge on any atom is 0.277 e. The molecule has 3 heterocycles. The zero-order chi connectivity index (χ0) is 20.2. The molecule has 0 saturated carbocycles. The Kier molecular flexibility index (Phi) is 6.30. The van der Waals surface area contributed by atoms with E-state index in [4.69, 9.17) is 16.0 Å². The average molecular weight is 431 g/mol. The van der Waals surface area contributed by atoms with Gasteiger partial charge in [0.05, 0.1) is 6.54 Å². The third-order valence-electron chi connectivity index (χ3n) is 5.00. The Morgan fingerprint density at radius 1 is 1.21 bits per heavy atom. The van der Waals surface area contributed by atoms with E-state index in [9.17, 15) is 4.79 Å². The monoisotopic (exact) mass is 430 g/mol. The van der Waals surface area contributed by atoms with Crippen molar-refractivity contribution < 1.29 is 9.21 Å². The van der Waals surface area contributed by atoms with Crippen LogP contribution in [0.15, 0.2) is 46.4 Å². The quantitative estimate of drug-likeness (QED) is 0.632. The van der Waals surface area contributed by atoms with E-state index in [1.165, 1.54) is 11.1 Å². The topological polar surface area (TPSA) is 61.6 Å². The summed E-state index contributed by atoms with van der Waals surface area (Å²) in [4.78, 5) is 22.9. The van der Waals surface area contributed by atoms with E-state index in [2.05, 4.69) is 37.6 Å². The van der Waals surface area contributed by atoms with E-state index < -0.39 is 0 Å². The Hall–Kier alpha value is -2.19. The summed E-state index contributed by atoms with van der Waals surface area (Å²) < 4.78 is 5.53. The van der Waals surface area contributed by atoms with Gasteiger partial charge in [-0.2, -0.15) is 0 Å². The number of halogens is 1. The molecule has 152 valence electrons. The van der Waals surface area contributed by atoms with Crippen LogP contribution in [0.2, 0.25) is 5.02 Å². The molecule has 1 N–H and O–H groups in total. The number of carbonyl (C=O) groups is 1. The van der Waals surface area contributed by atoms with Crippen LogP contribution < -0.4 is 5.32 Å². The average Bonchev–Trinajstić information content (AvgIpc) is 3.38. The van der Waals surface area contributed by atoms with Crippen molar-refractivity contribution in [2.24, 2.45) is 0 Å². The molecule has 0 unspecified atom stereocenters. The van der Waals surface area contributed by atoms with Crippen LogP contribution in [0.4, 0.5) is 5.69 Å². The van der Waals surface area contributed by atoms with Crippen LogP contribution in [0.1, 0.15) is 26.8 Å². The van der Waals surface area contributed by atoms with Crippen LogP contribution in [0.25, 0.3) is 0 Å². The van der Waals surface area contributed by atoms with E-state index in [0.717, 1.165) is 38.3 Å². The van der Waals surface area contributed by atoms with Gasteiger partial charge in [-0.25, -0.2) is 4.98 Å². The zero-order valence-electron chi connectivity index (χ0n) is 16.2. The summed E-state index contributed by atoms with van der Waals surface area (Å²) in [5.41, 5.74) is 1.87. The number of nitrogens with zero attached hydrogens (tertiary/aromatic N) is 3. The summed E-state index contributed by atoms with van der Waals surface area (Å²) in [6, 6.07) is 9.69. The number of hydrogen-bond donors (Lipinski definition) is 1. The standard InChI is InChI=1S/C21H23ClN4O2S/c1-15-4-5-16(11-18(15)22)23-21(27)19-14-28-20(24-19)13-26-8-6-25(7-9-26)12-17-3-2-10-29-17/h2-5,10-11,14H,6-9,12-13H2,1H3,(H,23,27). The van der Waals surface area contributed by atoms with Crippen LogP contribution in [0, 0.1) is 6.92 Å². The predicted octanol–water partition coefficient (Wildman–Crippen LogP) is 4.27. The van der Waals surface area contributed by atoms with Crippen molar-refractivity contribution in [3.05, 3.63) is 69.0 Å². The summed E-state index contributed by atoms with van der Waals surface area (Å²) in [7, 11) is 0. The summed E-state index contributed by atoms with van der Waals surface area (Å²) in [5.74, 6) is 0.254. The summed E-state index contributed by atoms with van der Waals surface area (Å²) in [6.45, 7) is 7.47. The summed E-state index contributed by atoms with van der Waals surface area (Å²) >= 11 is 7.91. The number of carbonyl (C=O) groups excluding carboxylic acids is 1. The number of oxazole rings is 1. The number of thiophene rings is 1. The third kappa shape index (κ3) is 5.25. The molecule has 29 heavy (non-hydrogen) atoms. The van der Waals surface area contributed by atoms with Crippen LogP contribution >= 0.6 is 22.9 Å². The predicted molar refractivity (Wildman–Crippen MR) is 116 cm³/mol. The van der Waals surface area contributed by atoms with Crippen molar-refractivity contribution in [1.29, 1.82) is 0 Å². The van der Waals surface area contributed by atoms with Gasteiger partial charge < -0.3 is 9.73 Å². The fraction of sp³-hybridized carbons (Fsp3) is 0.333.